The molecule has 2 rings (SSSR count). The standard InChI is InChI=1S/C15H20N2O4S/c1-11-9-14(6-7-15(11)20-3)22(18,19)16-8-4-5-13-10-12(2)17-21-13/h6-7,9-10,16H,4-5,8H2,1-3H3. The molecule has 0 saturated carbocycles. The predicted octanol–water partition coefficient (Wildman–Crippen LogP) is 2.21. The van der Waals surface area contributed by atoms with Gasteiger partial charge in [-0.2, -0.15) is 0 Å². The third-order valence-electron chi connectivity index (χ3n) is 3.25. The minimum absolute atomic E-state index is 0.237. The van der Waals surface area contributed by atoms with E-state index < -0.39 is 10.0 Å². The molecular weight excluding hydrogens is 304 g/mol. The molecule has 0 aliphatic rings. The van der Waals surface area contributed by atoms with E-state index in [9.17, 15) is 8.42 Å². The van der Waals surface area contributed by atoms with Crippen molar-refractivity contribution in [3.05, 3.63) is 41.3 Å². The Hall–Kier alpha value is -1.86. The fourth-order valence-electron chi connectivity index (χ4n) is 2.10. The highest BCUT2D eigenvalue weighted by Gasteiger charge is 2.14. The van der Waals surface area contributed by atoms with Crippen LogP contribution in [-0.4, -0.2) is 27.2 Å². The molecule has 22 heavy (non-hydrogen) atoms. The summed E-state index contributed by atoms with van der Waals surface area (Å²) in [4.78, 5) is 0.237. The SMILES string of the molecule is COc1ccc(S(=O)(=O)NCCCc2cc(C)no2)cc1C. The van der Waals surface area contributed by atoms with Crippen LogP contribution < -0.4 is 9.46 Å². The summed E-state index contributed by atoms with van der Waals surface area (Å²) in [6, 6.07) is 6.64. The second-order valence-electron chi connectivity index (χ2n) is 5.07. The summed E-state index contributed by atoms with van der Waals surface area (Å²) in [5.74, 6) is 1.43. The number of aromatic nitrogens is 1. The van der Waals surface area contributed by atoms with E-state index >= 15 is 0 Å². The van der Waals surface area contributed by atoms with Crippen LogP contribution in [0, 0.1) is 13.8 Å². The minimum Gasteiger partial charge on any atom is -0.496 e. The number of nitrogens with zero attached hydrogens (tertiary/aromatic N) is 1. The summed E-state index contributed by atoms with van der Waals surface area (Å²) in [6.07, 6.45) is 1.29. The lowest BCUT2D eigenvalue weighted by atomic mass is 10.2. The number of methoxy groups -OCH3 is 1. The van der Waals surface area contributed by atoms with E-state index in [1.807, 2.05) is 19.9 Å². The molecule has 1 N–H and O–H groups in total. The van der Waals surface area contributed by atoms with Gasteiger partial charge in [0.15, 0.2) is 0 Å². The maximum Gasteiger partial charge on any atom is 0.240 e. The highest BCUT2D eigenvalue weighted by Crippen LogP contribution is 2.21. The Morgan fingerprint density at radius 1 is 1.27 bits per heavy atom. The molecular formula is C15H20N2O4S. The van der Waals surface area contributed by atoms with Gasteiger partial charge in [-0.15, -0.1) is 0 Å². The zero-order chi connectivity index (χ0) is 16.2. The average Bonchev–Trinajstić information content (AvgIpc) is 2.89. The van der Waals surface area contributed by atoms with E-state index in [0.29, 0.717) is 25.1 Å². The van der Waals surface area contributed by atoms with Crippen LogP contribution in [-0.2, 0) is 16.4 Å². The van der Waals surface area contributed by atoms with Crippen LogP contribution >= 0.6 is 0 Å². The number of ether oxygens (including phenoxy) is 1. The zero-order valence-electron chi connectivity index (χ0n) is 12.9. The van der Waals surface area contributed by atoms with Crippen LogP contribution in [0.2, 0.25) is 0 Å². The predicted molar refractivity (Wildman–Crippen MR) is 82.5 cm³/mol. The summed E-state index contributed by atoms with van der Waals surface area (Å²) in [5.41, 5.74) is 1.60. The lowest BCUT2D eigenvalue weighted by Gasteiger charge is -2.09. The van der Waals surface area contributed by atoms with E-state index in [4.69, 9.17) is 9.26 Å². The highest BCUT2D eigenvalue weighted by molar-refractivity contribution is 7.89. The lowest BCUT2D eigenvalue weighted by Crippen LogP contribution is -2.25. The van der Waals surface area contributed by atoms with Crippen molar-refractivity contribution in [1.82, 2.24) is 9.88 Å². The molecule has 7 heteroatoms. The molecule has 0 spiro atoms. The van der Waals surface area contributed by atoms with Crippen molar-refractivity contribution in [2.24, 2.45) is 0 Å². The van der Waals surface area contributed by atoms with Gasteiger partial charge in [0.05, 0.1) is 17.7 Å². The Balaban J connectivity index is 1.92. The van der Waals surface area contributed by atoms with Gasteiger partial charge in [-0.3, -0.25) is 0 Å². The third-order valence-corrected chi connectivity index (χ3v) is 4.70. The van der Waals surface area contributed by atoms with Crippen molar-refractivity contribution in [3.8, 4) is 5.75 Å². The van der Waals surface area contributed by atoms with Gasteiger partial charge in [0.25, 0.3) is 0 Å². The largest absolute Gasteiger partial charge is 0.496 e. The van der Waals surface area contributed by atoms with E-state index in [1.165, 1.54) is 6.07 Å². The van der Waals surface area contributed by atoms with Crippen molar-refractivity contribution >= 4 is 10.0 Å². The molecule has 1 heterocycles. The summed E-state index contributed by atoms with van der Waals surface area (Å²) < 4.78 is 37.2. The summed E-state index contributed by atoms with van der Waals surface area (Å²) in [7, 11) is -1.95. The highest BCUT2D eigenvalue weighted by atomic mass is 32.2. The third kappa shape index (κ3) is 4.08. The second kappa shape index (κ2) is 6.93. The Bertz CT molecular complexity index is 738. The van der Waals surface area contributed by atoms with Crippen molar-refractivity contribution in [3.63, 3.8) is 0 Å². The molecule has 0 fully saturated rings. The van der Waals surface area contributed by atoms with Crippen LogP contribution in [0.25, 0.3) is 0 Å². The normalized spacial score (nSPS) is 11.6. The quantitative estimate of drug-likeness (QED) is 0.790. The molecule has 0 radical (unpaired) electrons. The number of nitrogens with one attached hydrogen (secondary N) is 1. The average molecular weight is 324 g/mol. The van der Waals surface area contributed by atoms with Crippen molar-refractivity contribution in [2.75, 3.05) is 13.7 Å². The summed E-state index contributed by atoms with van der Waals surface area (Å²) in [6.45, 7) is 4.00. The molecule has 120 valence electrons. The Morgan fingerprint density at radius 3 is 2.64 bits per heavy atom. The molecule has 0 aliphatic carbocycles. The summed E-state index contributed by atoms with van der Waals surface area (Å²) in [5, 5.41) is 3.79. The van der Waals surface area contributed by atoms with Crippen molar-refractivity contribution in [2.45, 2.75) is 31.6 Å². The maximum absolute atomic E-state index is 12.2. The van der Waals surface area contributed by atoms with Crippen LogP contribution in [0.1, 0.15) is 23.4 Å². The first kappa shape index (κ1) is 16.5. The van der Waals surface area contributed by atoms with Crippen LogP contribution in [0.3, 0.4) is 0 Å². The molecule has 0 unspecified atom stereocenters. The number of aryl methyl sites for hydroxylation is 3. The molecule has 1 aromatic heterocycles. The topological polar surface area (TPSA) is 81.4 Å². The molecule has 2 aromatic rings. The van der Waals surface area contributed by atoms with Crippen molar-refractivity contribution in [1.29, 1.82) is 0 Å². The second-order valence-corrected chi connectivity index (χ2v) is 6.83. The van der Waals surface area contributed by atoms with Gasteiger partial charge in [-0.05, 0) is 44.0 Å². The van der Waals surface area contributed by atoms with Crippen molar-refractivity contribution < 1.29 is 17.7 Å². The van der Waals surface area contributed by atoms with E-state index in [0.717, 1.165) is 17.0 Å². The smallest absolute Gasteiger partial charge is 0.240 e. The van der Waals surface area contributed by atoms with Gasteiger partial charge in [0.1, 0.15) is 11.5 Å². The van der Waals surface area contributed by atoms with Crippen LogP contribution in [0.5, 0.6) is 5.75 Å². The van der Waals surface area contributed by atoms with E-state index in [1.54, 1.807) is 19.2 Å². The van der Waals surface area contributed by atoms with E-state index in [-0.39, 0.29) is 4.90 Å². The zero-order valence-corrected chi connectivity index (χ0v) is 13.7. The van der Waals surface area contributed by atoms with Gasteiger partial charge in [0.2, 0.25) is 10.0 Å². The van der Waals surface area contributed by atoms with Gasteiger partial charge >= 0.3 is 0 Å². The lowest BCUT2D eigenvalue weighted by molar-refractivity contribution is 0.377. The molecule has 6 nitrogen and oxygen atoms in total. The Morgan fingerprint density at radius 2 is 2.05 bits per heavy atom. The molecule has 0 amide bonds. The van der Waals surface area contributed by atoms with Gasteiger partial charge in [-0.1, -0.05) is 5.16 Å². The molecule has 0 atom stereocenters. The maximum atomic E-state index is 12.2. The number of benzene rings is 1. The van der Waals surface area contributed by atoms with Gasteiger partial charge in [-0.25, -0.2) is 13.1 Å². The fourth-order valence-corrected chi connectivity index (χ4v) is 3.26. The molecule has 0 bridgehead atoms. The van der Waals surface area contributed by atoms with Crippen LogP contribution in [0.4, 0.5) is 0 Å². The fraction of sp³-hybridized carbons (Fsp3) is 0.400. The van der Waals surface area contributed by atoms with Gasteiger partial charge in [0, 0.05) is 19.0 Å². The first-order chi connectivity index (χ1) is 10.4. The first-order valence-corrected chi connectivity index (χ1v) is 8.47. The first-order valence-electron chi connectivity index (χ1n) is 6.99. The number of rotatable bonds is 7. The molecule has 0 saturated heterocycles. The monoisotopic (exact) mass is 324 g/mol. The summed E-state index contributed by atoms with van der Waals surface area (Å²) >= 11 is 0. The molecule has 0 aliphatic heterocycles. The number of sulfonamides is 1. The van der Waals surface area contributed by atoms with E-state index in [2.05, 4.69) is 9.88 Å². The Kier molecular flexibility index (Phi) is 5.20. The minimum atomic E-state index is -3.51. The molecule has 1 aromatic carbocycles. The Labute approximate surface area is 130 Å². The number of hydrogen-bond acceptors (Lipinski definition) is 5. The van der Waals surface area contributed by atoms with Crippen LogP contribution in [0.15, 0.2) is 33.7 Å². The van der Waals surface area contributed by atoms with Gasteiger partial charge < -0.3 is 9.26 Å². The number of hydrogen-bond donors (Lipinski definition) is 1.